The summed E-state index contributed by atoms with van der Waals surface area (Å²) in [6, 6.07) is 6.35. The molecule has 0 aliphatic heterocycles. The second kappa shape index (κ2) is 6.13. The minimum Gasteiger partial charge on any atom is -0.375 e. The van der Waals surface area contributed by atoms with Crippen LogP contribution in [0.2, 0.25) is 0 Å². The summed E-state index contributed by atoms with van der Waals surface area (Å²) in [7, 11) is 2.12. The van der Waals surface area contributed by atoms with E-state index in [1.807, 2.05) is 0 Å². The zero-order valence-electron chi connectivity index (χ0n) is 9.46. The fourth-order valence-electron chi connectivity index (χ4n) is 1.50. The third-order valence-electron chi connectivity index (χ3n) is 2.47. The molecule has 0 aliphatic carbocycles. The molecule has 0 amide bonds. The molecule has 1 aromatic carbocycles. The first-order chi connectivity index (χ1) is 7.17. The Kier molecular flexibility index (Phi) is 5.12. The van der Waals surface area contributed by atoms with E-state index in [2.05, 4.69) is 53.0 Å². The van der Waals surface area contributed by atoms with Crippen molar-refractivity contribution in [2.45, 2.75) is 26.3 Å². The molecule has 0 saturated carbocycles. The van der Waals surface area contributed by atoms with E-state index in [9.17, 15) is 0 Å². The predicted molar refractivity (Wildman–Crippen MR) is 70.2 cm³/mol. The standard InChI is InChI=1S/C12H19BrN2/c1-3-4-5-15(2)12-7-10(9-14)6-11(13)8-12/h6-8H,3-5,9,14H2,1-2H3. The quantitative estimate of drug-likeness (QED) is 0.891. The summed E-state index contributed by atoms with van der Waals surface area (Å²) in [4.78, 5) is 2.27. The average molecular weight is 271 g/mol. The van der Waals surface area contributed by atoms with Gasteiger partial charge in [-0.1, -0.05) is 29.3 Å². The summed E-state index contributed by atoms with van der Waals surface area (Å²) < 4.78 is 1.10. The minimum atomic E-state index is 0.591. The average Bonchev–Trinajstić information content (AvgIpc) is 2.24. The van der Waals surface area contributed by atoms with Crippen molar-refractivity contribution in [2.24, 2.45) is 5.73 Å². The molecule has 1 rings (SSSR count). The maximum atomic E-state index is 5.65. The first-order valence-electron chi connectivity index (χ1n) is 5.38. The normalized spacial score (nSPS) is 10.4. The fraction of sp³-hybridized carbons (Fsp3) is 0.500. The molecule has 0 aromatic heterocycles. The predicted octanol–water partition coefficient (Wildman–Crippen LogP) is 3.14. The Morgan fingerprint density at radius 1 is 1.33 bits per heavy atom. The van der Waals surface area contributed by atoms with Crippen molar-refractivity contribution in [3.8, 4) is 0 Å². The summed E-state index contributed by atoms with van der Waals surface area (Å²) >= 11 is 3.51. The Balaban J connectivity index is 2.78. The van der Waals surface area contributed by atoms with Crippen LogP contribution in [0.5, 0.6) is 0 Å². The van der Waals surface area contributed by atoms with Crippen LogP contribution in [0.4, 0.5) is 5.69 Å². The van der Waals surface area contributed by atoms with E-state index in [0.717, 1.165) is 11.0 Å². The number of nitrogens with zero attached hydrogens (tertiary/aromatic N) is 1. The molecule has 0 heterocycles. The molecule has 0 radical (unpaired) electrons. The Hall–Kier alpha value is -0.540. The topological polar surface area (TPSA) is 29.3 Å². The molecule has 0 saturated heterocycles. The van der Waals surface area contributed by atoms with Crippen molar-refractivity contribution >= 4 is 21.6 Å². The van der Waals surface area contributed by atoms with Gasteiger partial charge in [0.2, 0.25) is 0 Å². The van der Waals surface area contributed by atoms with Gasteiger partial charge in [-0.2, -0.15) is 0 Å². The number of anilines is 1. The van der Waals surface area contributed by atoms with E-state index in [1.165, 1.54) is 24.1 Å². The summed E-state index contributed by atoms with van der Waals surface area (Å²) in [5.41, 5.74) is 8.05. The lowest BCUT2D eigenvalue weighted by molar-refractivity contribution is 0.766. The van der Waals surface area contributed by atoms with Crippen LogP contribution in [0.1, 0.15) is 25.3 Å². The van der Waals surface area contributed by atoms with E-state index in [1.54, 1.807) is 0 Å². The van der Waals surface area contributed by atoms with Crippen LogP contribution >= 0.6 is 15.9 Å². The second-order valence-electron chi connectivity index (χ2n) is 3.80. The molecule has 15 heavy (non-hydrogen) atoms. The Morgan fingerprint density at radius 3 is 2.67 bits per heavy atom. The zero-order valence-corrected chi connectivity index (χ0v) is 11.0. The van der Waals surface area contributed by atoms with Crippen LogP contribution in [-0.2, 0) is 6.54 Å². The molecule has 1 aromatic rings. The van der Waals surface area contributed by atoms with E-state index in [4.69, 9.17) is 5.73 Å². The number of hydrogen-bond donors (Lipinski definition) is 1. The van der Waals surface area contributed by atoms with Gasteiger partial charge in [0, 0.05) is 30.3 Å². The fourth-order valence-corrected chi connectivity index (χ4v) is 2.02. The molecule has 0 atom stereocenters. The maximum absolute atomic E-state index is 5.65. The number of halogens is 1. The highest BCUT2D eigenvalue weighted by Crippen LogP contribution is 2.22. The number of benzene rings is 1. The van der Waals surface area contributed by atoms with Gasteiger partial charge < -0.3 is 10.6 Å². The van der Waals surface area contributed by atoms with Crippen molar-refractivity contribution in [3.63, 3.8) is 0 Å². The highest BCUT2D eigenvalue weighted by molar-refractivity contribution is 9.10. The number of rotatable bonds is 5. The van der Waals surface area contributed by atoms with E-state index in [-0.39, 0.29) is 0 Å². The smallest absolute Gasteiger partial charge is 0.0378 e. The summed E-state index contributed by atoms with van der Waals surface area (Å²) in [6.07, 6.45) is 2.45. The van der Waals surface area contributed by atoms with Crippen molar-refractivity contribution in [1.82, 2.24) is 0 Å². The van der Waals surface area contributed by atoms with Gasteiger partial charge in [0.1, 0.15) is 0 Å². The largest absolute Gasteiger partial charge is 0.375 e. The molecule has 0 bridgehead atoms. The molecule has 0 fully saturated rings. The monoisotopic (exact) mass is 270 g/mol. The van der Waals surface area contributed by atoms with Crippen LogP contribution in [0.25, 0.3) is 0 Å². The van der Waals surface area contributed by atoms with Gasteiger partial charge in [0.05, 0.1) is 0 Å². The first-order valence-corrected chi connectivity index (χ1v) is 6.17. The van der Waals surface area contributed by atoms with Gasteiger partial charge in [-0.3, -0.25) is 0 Å². The molecule has 2 nitrogen and oxygen atoms in total. The molecule has 84 valence electrons. The van der Waals surface area contributed by atoms with Gasteiger partial charge >= 0.3 is 0 Å². The Morgan fingerprint density at radius 2 is 2.07 bits per heavy atom. The highest BCUT2D eigenvalue weighted by atomic mass is 79.9. The molecule has 3 heteroatoms. The van der Waals surface area contributed by atoms with Gasteiger partial charge in [0.15, 0.2) is 0 Å². The lowest BCUT2D eigenvalue weighted by atomic mass is 10.2. The molecule has 0 spiro atoms. The van der Waals surface area contributed by atoms with Crippen molar-refractivity contribution in [1.29, 1.82) is 0 Å². The lowest BCUT2D eigenvalue weighted by Gasteiger charge is -2.20. The molecule has 0 unspecified atom stereocenters. The molecular weight excluding hydrogens is 252 g/mol. The molecule has 2 N–H and O–H groups in total. The molecular formula is C12H19BrN2. The zero-order chi connectivity index (χ0) is 11.3. The van der Waals surface area contributed by atoms with E-state index >= 15 is 0 Å². The highest BCUT2D eigenvalue weighted by Gasteiger charge is 2.03. The Bertz CT molecular complexity index is 312. The van der Waals surface area contributed by atoms with Gasteiger partial charge in [-0.05, 0) is 30.2 Å². The van der Waals surface area contributed by atoms with Crippen molar-refractivity contribution < 1.29 is 0 Å². The Labute approximate surface area is 101 Å². The number of unbranched alkanes of at least 4 members (excludes halogenated alkanes) is 1. The first kappa shape index (κ1) is 12.5. The third kappa shape index (κ3) is 3.84. The van der Waals surface area contributed by atoms with Gasteiger partial charge in [-0.25, -0.2) is 0 Å². The summed E-state index contributed by atoms with van der Waals surface area (Å²) in [5.74, 6) is 0. The molecule has 0 aliphatic rings. The van der Waals surface area contributed by atoms with Crippen LogP contribution in [0.15, 0.2) is 22.7 Å². The van der Waals surface area contributed by atoms with E-state index in [0.29, 0.717) is 6.54 Å². The van der Waals surface area contributed by atoms with Crippen molar-refractivity contribution in [2.75, 3.05) is 18.5 Å². The number of nitrogens with two attached hydrogens (primary N) is 1. The maximum Gasteiger partial charge on any atom is 0.0378 e. The van der Waals surface area contributed by atoms with Crippen LogP contribution in [0.3, 0.4) is 0 Å². The van der Waals surface area contributed by atoms with E-state index < -0.39 is 0 Å². The van der Waals surface area contributed by atoms with Crippen LogP contribution < -0.4 is 10.6 Å². The minimum absolute atomic E-state index is 0.591. The second-order valence-corrected chi connectivity index (χ2v) is 4.71. The summed E-state index contributed by atoms with van der Waals surface area (Å²) in [6.45, 7) is 3.89. The lowest BCUT2D eigenvalue weighted by Crippen LogP contribution is -2.18. The van der Waals surface area contributed by atoms with Crippen molar-refractivity contribution in [3.05, 3.63) is 28.2 Å². The SMILES string of the molecule is CCCCN(C)c1cc(Br)cc(CN)c1. The van der Waals surface area contributed by atoms with Crippen LogP contribution in [0, 0.1) is 0 Å². The third-order valence-corrected chi connectivity index (χ3v) is 2.92. The summed E-state index contributed by atoms with van der Waals surface area (Å²) in [5, 5.41) is 0. The van der Waals surface area contributed by atoms with Gasteiger partial charge in [-0.15, -0.1) is 0 Å². The number of hydrogen-bond acceptors (Lipinski definition) is 2. The van der Waals surface area contributed by atoms with Crippen LogP contribution in [-0.4, -0.2) is 13.6 Å². The van der Waals surface area contributed by atoms with Gasteiger partial charge in [0.25, 0.3) is 0 Å².